The molecule has 2 aromatic rings. The topological polar surface area (TPSA) is 35.2 Å². The highest BCUT2D eigenvalue weighted by Crippen LogP contribution is 2.30. The molecular weight excluding hydrogens is 321 g/mol. The van der Waals surface area contributed by atoms with Crippen molar-refractivity contribution in [2.45, 2.75) is 26.0 Å². The largest absolute Gasteiger partial charge is 0.481 e. The maximum Gasteiger partial charge on any atom is 0.165 e. The van der Waals surface area contributed by atoms with Crippen LogP contribution >= 0.6 is 15.9 Å². The van der Waals surface area contributed by atoms with Gasteiger partial charge in [-0.3, -0.25) is 0 Å². The number of benzene rings is 2. The third kappa shape index (κ3) is 3.38. The zero-order valence-corrected chi connectivity index (χ0v) is 13.0. The van der Waals surface area contributed by atoms with Gasteiger partial charge in [0.25, 0.3) is 0 Å². The normalized spacial score (nSPS) is 13.8. The van der Waals surface area contributed by atoms with Gasteiger partial charge in [-0.05, 0) is 43.2 Å². The maximum atomic E-state index is 13.8. The summed E-state index contributed by atoms with van der Waals surface area (Å²) < 4.78 is 20.4. The summed E-state index contributed by atoms with van der Waals surface area (Å²) in [6.45, 7) is 3.85. The molecule has 2 unspecified atom stereocenters. The van der Waals surface area contributed by atoms with Gasteiger partial charge in [0, 0.05) is 10.5 Å². The van der Waals surface area contributed by atoms with E-state index in [4.69, 9.17) is 10.5 Å². The van der Waals surface area contributed by atoms with Crippen molar-refractivity contribution < 1.29 is 9.13 Å². The van der Waals surface area contributed by atoms with E-state index in [0.717, 1.165) is 15.6 Å². The molecule has 0 aliphatic rings. The standard InChI is InChI=1S/C16H17BrFNO/c1-10-5-3-4-6-13(10)16(11(2)19)20-15-9-12(17)7-8-14(15)18/h3-9,11,16H,19H2,1-2H3. The van der Waals surface area contributed by atoms with Gasteiger partial charge in [0.1, 0.15) is 6.10 Å². The number of rotatable bonds is 4. The fraction of sp³-hybridized carbons (Fsp3) is 0.250. The quantitative estimate of drug-likeness (QED) is 0.899. The first-order valence-corrected chi connectivity index (χ1v) is 7.21. The molecule has 0 aliphatic heterocycles. The second-order valence-electron chi connectivity index (χ2n) is 4.83. The molecule has 2 aromatic carbocycles. The Morgan fingerprint density at radius 3 is 2.55 bits per heavy atom. The van der Waals surface area contributed by atoms with E-state index in [-0.39, 0.29) is 17.9 Å². The molecule has 0 aliphatic carbocycles. The van der Waals surface area contributed by atoms with Crippen molar-refractivity contribution in [1.82, 2.24) is 0 Å². The number of hydrogen-bond acceptors (Lipinski definition) is 2. The van der Waals surface area contributed by atoms with Gasteiger partial charge >= 0.3 is 0 Å². The Morgan fingerprint density at radius 2 is 1.90 bits per heavy atom. The number of nitrogens with two attached hydrogens (primary N) is 1. The van der Waals surface area contributed by atoms with Crippen molar-refractivity contribution in [3.8, 4) is 5.75 Å². The van der Waals surface area contributed by atoms with Crippen molar-refractivity contribution >= 4 is 15.9 Å². The molecule has 2 N–H and O–H groups in total. The first-order chi connectivity index (χ1) is 9.49. The lowest BCUT2D eigenvalue weighted by Crippen LogP contribution is -2.29. The first kappa shape index (κ1) is 15.0. The molecule has 2 nitrogen and oxygen atoms in total. The summed E-state index contributed by atoms with van der Waals surface area (Å²) in [5, 5.41) is 0. The van der Waals surface area contributed by atoms with E-state index in [1.807, 2.05) is 38.1 Å². The second-order valence-corrected chi connectivity index (χ2v) is 5.74. The average molecular weight is 338 g/mol. The number of aryl methyl sites for hydroxylation is 1. The Morgan fingerprint density at radius 1 is 1.20 bits per heavy atom. The van der Waals surface area contributed by atoms with Crippen LogP contribution in [-0.2, 0) is 0 Å². The lowest BCUT2D eigenvalue weighted by Gasteiger charge is -2.24. The predicted octanol–water partition coefficient (Wildman–Crippen LogP) is 4.36. The molecular formula is C16H17BrFNO. The van der Waals surface area contributed by atoms with Gasteiger partial charge in [0.15, 0.2) is 11.6 Å². The van der Waals surface area contributed by atoms with Crippen molar-refractivity contribution in [1.29, 1.82) is 0 Å². The molecule has 0 aromatic heterocycles. The minimum Gasteiger partial charge on any atom is -0.481 e. The smallest absolute Gasteiger partial charge is 0.165 e. The molecule has 0 heterocycles. The molecule has 20 heavy (non-hydrogen) atoms. The third-order valence-corrected chi connectivity index (χ3v) is 3.61. The Kier molecular flexibility index (Phi) is 4.78. The Labute approximate surface area is 126 Å². The molecule has 0 fully saturated rings. The van der Waals surface area contributed by atoms with Gasteiger partial charge < -0.3 is 10.5 Å². The summed E-state index contributed by atoms with van der Waals surface area (Å²) in [6, 6.07) is 12.2. The molecule has 0 radical (unpaired) electrons. The highest BCUT2D eigenvalue weighted by Gasteiger charge is 2.21. The summed E-state index contributed by atoms with van der Waals surface area (Å²) in [4.78, 5) is 0. The van der Waals surface area contributed by atoms with Crippen molar-refractivity contribution in [3.63, 3.8) is 0 Å². The summed E-state index contributed by atoms with van der Waals surface area (Å²) >= 11 is 3.32. The molecule has 0 spiro atoms. The molecule has 106 valence electrons. The number of hydrogen-bond donors (Lipinski definition) is 1. The van der Waals surface area contributed by atoms with Crippen LogP contribution in [0.4, 0.5) is 4.39 Å². The fourth-order valence-electron chi connectivity index (χ4n) is 2.06. The Balaban J connectivity index is 2.36. The van der Waals surface area contributed by atoms with E-state index in [1.165, 1.54) is 6.07 Å². The summed E-state index contributed by atoms with van der Waals surface area (Å²) in [5.74, 6) is -0.197. The lowest BCUT2D eigenvalue weighted by atomic mass is 9.99. The highest BCUT2D eigenvalue weighted by molar-refractivity contribution is 9.10. The molecule has 0 saturated carbocycles. The third-order valence-electron chi connectivity index (χ3n) is 3.12. The SMILES string of the molecule is Cc1ccccc1C(Oc1cc(Br)ccc1F)C(C)N. The van der Waals surface area contributed by atoms with Crippen LogP contribution in [0, 0.1) is 12.7 Å². The van der Waals surface area contributed by atoms with Gasteiger partial charge in [-0.15, -0.1) is 0 Å². The lowest BCUT2D eigenvalue weighted by molar-refractivity contribution is 0.172. The van der Waals surface area contributed by atoms with Crippen molar-refractivity contribution in [2.75, 3.05) is 0 Å². The van der Waals surface area contributed by atoms with Crippen LogP contribution in [0.15, 0.2) is 46.9 Å². The minimum absolute atomic E-state index is 0.199. The predicted molar refractivity (Wildman–Crippen MR) is 82.3 cm³/mol. The van der Waals surface area contributed by atoms with Gasteiger partial charge in [-0.25, -0.2) is 4.39 Å². The van der Waals surface area contributed by atoms with E-state index < -0.39 is 5.82 Å². The van der Waals surface area contributed by atoms with Gasteiger partial charge in [0.2, 0.25) is 0 Å². The zero-order valence-electron chi connectivity index (χ0n) is 11.4. The van der Waals surface area contributed by atoms with Crippen LogP contribution in [0.25, 0.3) is 0 Å². The van der Waals surface area contributed by atoms with Crippen LogP contribution in [0.1, 0.15) is 24.2 Å². The maximum absolute atomic E-state index is 13.8. The van der Waals surface area contributed by atoms with E-state index in [9.17, 15) is 4.39 Å². The van der Waals surface area contributed by atoms with Gasteiger partial charge in [0.05, 0.1) is 0 Å². The molecule has 0 amide bonds. The van der Waals surface area contributed by atoms with E-state index in [1.54, 1.807) is 12.1 Å². The molecule has 2 rings (SSSR count). The summed E-state index contributed by atoms with van der Waals surface area (Å²) in [6.07, 6.45) is -0.389. The first-order valence-electron chi connectivity index (χ1n) is 6.42. The van der Waals surface area contributed by atoms with Crippen LogP contribution < -0.4 is 10.5 Å². The zero-order chi connectivity index (χ0) is 14.7. The fourth-order valence-corrected chi connectivity index (χ4v) is 2.40. The molecule has 0 saturated heterocycles. The average Bonchev–Trinajstić information content (AvgIpc) is 2.40. The molecule has 4 heteroatoms. The minimum atomic E-state index is -0.396. The second kappa shape index (κ2) is 6.37. The molecule has 0 bridgehead atoms. The summed E-state index contributed by atoms with van der Waals surface area (Å²) in [7, 11) is 0. The van der Waals surface area contributed by atoms with Crippen molar-refractivity contribution in [3.05, 3.63) is 63.9 Å². The monoisotopic (exact) mass is 337 g/mol. The van der Waals surface area contributed by atoms with Crippen LogP contribution in [-0.4, -0.2) is 6.04 Å². The Bertz CT molecular complexity index is 601. The number of ether oxygens (including phenoxy) is 1. The Hall–Kier alpha value is -1.39. The van der Waals surface area contributed by atoms with Crippen LogP contribution in [0.5, 0.6) is 5.75 Å². The van der Waals surface area contributed by atoms with E-state index in [0.29, 0.717) is 0 Å². The van der Waals surface area contributed by atoms with Crippen molar-refractivity contribution in [2.24, 2.45) is 5.73 Å². The van der Waals surface area contributed by atoms with Crippen LogP contribution in [0.3, 0.4) is 0 Å². The van der Waals surface area contributed by atoms with Gasteiger partial charge in [-0.2, -0.15) is 0 Å². The van der Waals surface area contributed by atoms with E-state index in [2.05, 4.69) is 15.9 Å². The highest BCUT2D eigenvalue weighted by atomic mass is 79.9. The van der Waals surface area contributed by atoms with Gasteiger partial charge in [-0.1, -0.05) is 40.2 Å². The molecule has 2 atom stereocenters. The van der Waals surface area contributed by atoms with E-state index >= 15 is 0 Å². The summed E-state index contributed by atoms with van der Waals surface area (Å²) in [5.41, 5.74) is 8.06. The van der Waals surface area contributed by atoms with Crippen LogP contribution in [0.2, 0.25) is 0 Å². The number of halogens is 2.